The summed E-state index contributed by atoms with van der Waals surface area (Å²) in [4.78, 5) is 21.5. The molecule has 0 radical (unpaired) electrons. The summed E-state index contributed by atoms with van der Waals surface area (Å²) in [7, 11) is 0. The van der Waals surface area contributed by atoms with Crippen molar-refractivity contribution in [2.45, 2.75) is 45.9 Å². The molecule has 0 saturated carbocycles. The normalized spacial score (nSPS) is 18.1. The van der Waals surface area contributed by atoms with Crippen molar-refractivity contribution < 1.29 is 4.79 Å². The van der Waals surface area contributed by atoms with Crippen molar-refractivity contribution in [2.75, 3.05) is 12.3 Å². The number of nitrogens with zero attached hydrogens (tertiary/aromatic N) is 4. The van der Waals surface area contributed by atoms with Crippen LogP contribution >= 0.6 is 0 Å². The standard InChI is InChI=1S/C23H26N6O/c1-15-8-17(11-24)10-18(9-15)12-26-20-14-28(22-4-3-7-29(22)23(20)30)13-19-5-6-21(25)27-16(19)2/h5-6,8-10,14,22,26H,3-4,7,12-13H2,1-2H3,(H2,25,27)/t22-/m0/s1. The number of pyridine rings is 1. The van der Waals surface area contributed by atoms with E-state index in [0.29, 0.717) is 30.2 Å². The predicted octanol–water partition coefficient (Wildman–Crippen LogP) is 2.55. The van der Waals surface area contributed by atoms with Crippen molar-refractivity contribution in [3.8, 4) is 6.07 Å². The third-order valence-corrected chi connectivity index (χ3v) is 5.71. The highest BCUT2D eigenvalue weighted by atomic mass is 16.2. The molecule has 3 heterocycles. The molecular weight excluding hydrogens is 376 g/mol. The smallest absolute Gasteiger partial charge is 0.273 e. The number of nitrogens with one attached hydrogen (secondary N) is 1. The van der Waals surface area contributed by atoms with Crippen LogP contribution in [0.1, 0.15) is 40.8 Å². The summed E-state index contributed by atoms with van der Waals surface area (Å²) >= 11 is 0. The lowest BCUT2D eigenvalue weighted by atomic mass is 10.1. The summed E-state index contributed by atoms with van der Waals surface area (Å²) in [6, 6.07) is 11.7. The molecule has 0 aliphatic carbocycles. The number of hydrogen-bond acceptors (Lipinski definition) is 6. The van der Waals surface area contributed by atoms with E-state index in [4.69, 9.17) is 5.73 Å². The maximum atomic E-state index is 13.0. The molecule has 0 unspecified atom stereocenters. The summed E-state index contributed by atoms with van der Waals surface area (Å²) in [5, 5.41) is 12.5. The van der Waals surface area contributed by atoms with Gasteiger partial charge in [0.2, 0.25) is 0 Å². The van der Waals surface area contributed by atoms with Gasteiger partial charge in [0.1, 0.15) is 17.7 Å². The number of carbonyl (C=O) groups excluding carboxylic acids is 1. The first-order valence-electron chi connectivity index (χ1n) is 10.2. The van der Waals surface area contributed by atoms with Crippen LogP contribution in [-0.4, -0.2) is 33.4 Å². The summed E-state index contributed by atoms with van der Waals surface area (Å²) in [5.41, 5.74) is 11.0. The first kappa shape index (κ1) is 19.8. The Labute approximate surface area is 176 Å². The zero-order valence-electron chi connectivity index (χ0n) is 17.4. The number of aromatic nitrogens is 1. The summed E-state index contributed by atoms with van der Waals surface area (Å²) < 4.78 is 0. The van der Waals surface area contributed by atoms with Crippen molar-refractivity contribution in [3.63, 3.8) is 0 Å². The fourth-order valence-electron chi connectivity index (χ4n) is 4.26. The van der Waals surface area contributed by atoms with Gasteiger partial charge >= 0.3 is 0 Å². The number of rotatable bonds is 5. The molecule has 0 bridgehead atoms. The lowest BCUT2D eigenvalue weighted by molar-refractivity contribution is -0.133. The third kappa shape index (κ3) is 3.94. The van der Waals surface area contributed by atoms with Crippen molar-refractivity contribution in [2.24, 2.45) is 0 Å². The van der Waals surface area contributed by atoms with Crippen LogP contribution in [0, 0.1) is 25.2 Å². The van der Waals surface area contributed by atoms with Crippen LogP contribution in [-0.2, 0) is 17.9 Å². The Morgan fingerprint density at radius 2 is 2.13 bits per heavy atom. The molecule has 2 aromatic rings. The molecule has 1 saturated heterocycles. The molecule has 7 heteroatoms. The van der Waals surface area contributed by atoms with E-state index in [1.54, 1.807) is 0 Å². The Balaban J connectivity index is 1.57. The first-order valence-corrected chi connectivity index (χ1v) is 10.2. The molecule has 1 amide bonds. The quantitative estimate of drug-likeness (QED) is 0.798. The molecule has 1 atom stereocenters. The lowest BCUT2D eigenvalue weighted by Gasteiger charge is -2.39. The van der Waals surface area contributed by atoms with E-state index in [2.05, 4.69) is 21.3 Å². The molecule has 2 aliphatic rings. The Morgan fingerprint density at radius 1 is 1.30 bits per heavy atom. The first-order chi connectivity index (χ1) is 14.4. The SMILES string of the molecule is Cc1cc(C#N)cc(CNC2=CN(Cc3ccc(N)nc3C)[C@@H]3CCCN3C2=O)c1. The van der Waals surface area contributed by atoms with Crippen molar-refractivity contribution in [1.29, 1.82) is 5.26 Å². The fourth-order valence-corrected chi connectivity index (χ4v) is 4.26. The van der Waals surface area contributed by atoms with E-state index in [1.807, 2.05) is 55.3 Å². The molecule has 1 aromatic carbocycles. The average molecular weight is 403 g/mol. The van der Waals surface area contributed by atoms with Crippen molar-refractivity contribution >= 4 is 11.7 Å². The number of hydrogen-bond donors (Lipinski definition) is 2. The maximum absolute atomic E-state index is 13.0. The Bertz CT molecular complexity index is 1050. The zero-order chi connectivity index (χ0) is 21.3. The number of fused-ring (bicyclic) bond motifs is 1. The van der Waals surface area contributed by atoms with Crippen LogP contribution in [0.2, 0.25) is 0 Å². The van der Waals surface area contributed by atoms with E-state index in [-0.39, 0.29) is 12.1 Å². The zero-order valence-corrected chi connectivity index (χ0v) is 17.4. The molecule has 0 spiro atoms. The van der Waals surface area contributed by atoms with Crippen LogP contribution in [0.5, 0.6) is 0 Å². The van der Waals surface area contributed by atoms with Crippen LogP contribution in [0.25, 0.3) is 0 Å². The predicted molar refractivity (Wildman–Crippen MR) is 114 cm³/mol. The molecule has 4 rings (SSSR count). The molecule has 3 N–H and O–H groups in total. The average Bonchev–Trinajstić information content (AvgIpc) is 3.21. The monoisotopic (exact) mass is 402 g/mol. The van der Waals surface area contributed by atoms with Gasteiger partial charge in [0, 0.05) is 31.5 Å². The van der Waals surface area contributed by atoms with Crippen molar-refractivity contribution in [1.82, 2.24) is 20.1 Å². The number of benzene rings is 1. The largest absolute Gasteiger partial charge is 0.384 e. The minimum absolute atomic E-state index is 0.0362. The van der Waals surface area contributed by atoms with Crippen LogP contribution in [0.3, 0.4) is 0 Å². The Kier molecular flexibility index (Phi) is 5.32. The number of nitrogen functional groups attached to an aromatic ring is 1. The molecule has 154 valence electrons. The molecule has 2 aliphatic heterocycles. The topological polar surface area (TPSA) is 98.3 Å². The van der Waals surface area contributed by atoms with E-state index >= 15 is 0 Å². The summed E-state index contributed by atoms with van der Waals surface area (Å²) in [5.74, 6) is 0.550. The number of amides is 1. The maximum Gasteiger partial charge on any atom is 0.273 e. The number of nitriles is 1. The number of carbonyl (C=O) groups is 1. The van der Waals surface area contributed by atoms with Crippen LogP contribution in [0.4, 0.5) is 5.82 Å². The molecule has 30 heavy (non-hydrogen) atoms. The highest BCUT2D eigenvalue weighted by Crippen LogP contribution is 2.29. The lowest BCUT2D eigenvalue weighted by Crippen LogP contribution is -2.51. The number of aryl methyl sites for hydroxylation is 2. The van der Waals surface area contributed by atoms with Crippen LogP contribution in [0.15, 0.2) is 42.2 Å². The van der Waals surface area contributed by atoms with Crippen LogP contribution < -0.4 is 11.1 Å². The molecule has 1 aromatic heterocycles. The van der Waals surface area contributed by atoms with Gasteiger partial charge in [-0.05, 0) is 61.6 Å². The van der Waals surface area contributed by atoms with Gasteiger partial charge < -0.3 is 20.9 Å². The van der Waals surface area contributed by atoms with E-state index in [9.17, 15) is 10.1 Å². The van der Waals surface area contributed by atoms with Gasteiger partial charge in [-0.15, -0.1) is 0 Å². The van der Waals surface area contributed by atoms with Gasteiger partial charge in [0.05, 0.1) is 11.6 Å². The summed E-state index contributed by atoms with van der Waals surface area (Å²) in [6.07, 6.45) is 3.96. The second-order valence-electron chi connectivity index (χ2n) is 7.99. The van der Waals surface area contributed by atoms with Crippen molar-refractivity contribution in [3.05, 3.63) is 70.2 Å². The van der Waals surface area contributed by atoms with Gasteiger partial charge in [0.15, 0.2) is 0 Å². The molecule has 7 nitrogen and oxygen atoms in total. The Hall–Kier alpha value is -3.53. The van der Waals surface area contributed by atoms with E-state index in [1.165, 1.54) is 0 Å². The Morgan fingerprint density at radius 3 is 2.90 bits per heavy atom. The third-order valence-electron chi connectivity index (χ3n) is 5.71. The van der Waals surface area contributed by atoms with Gasteiger partial charge in [-0.1, -0.05) is 12.1 Å². The number of nitrogens with two attached hydrogens (primary N) is 1. The minimum Gasteiger partial charge on any atom is -0.384 e. The van der Waals surface area contributed by atoms with E-state index in [0.717, 1.165) is 41.8 Å². The number of anilines is 1. The summed E-state index contributed by atoms with van der Waals surface area (Å²) in [6.45, 7) is 5.85. The highest BCUT2D eigenvalue weighted by Gasteiger charge is 2.37. The fraction of sp³-hybridized carbons (Fsp3) is 0.348. The van der Waals surface area contributed by atoms with Gasteiger partial charge in [-0.25, -0.2) is 4.98 Å². The molecule has 1 fully saturated rings. The highest BCUT2D eigenvalue weighted by molar-refractivity contribution is 5.94. The van der Waals surface area contributed by atoms with Gasteiger partial charge in [0.25, 0.3) is 5.91 Å². The van der Waals surface area contributed by atoms with Gasteiger partial charge in [-0.3, -0.25) is 4.79 Å². The minimum atomic E-state index is 0.0362. The van der Waals surface area contributed by atoms with E-state index < -0.39 is 0 Å². The van der Waals surface area contributed by atoms with Gasteiger partial charge in [-0.2, -0.15) is 5.26 Å². The second-order valence-corrected chi connectivity index (χ2v) is 7.99. The molecular formula is C23H26N6O. The second kappa shape index (κ2) is 8.07.